The van der Waals surface area contributed by atoms with Gasteiger partial charge in [0, 0.05) is 15.4 Å². The van der Waals surface area contributed by atoms with Gasteiger partial charge in [-0.25, -0.2) is 0 Å². The maximum atomic E-state index is 12.7. The first-order valence-corrected chi connectivity index (χ1v) is 8.89. The summed E-state index contributed by atoms with van der Waals surface area (Å²) in [6.45, 7) is 0. The Balaban J connectivity index is 1.72. The molecule has 0 fully saturated rings. The number of benzene rings is 2. The molecule has 1 atom stereocenters. The molecule has 2 aromatic carbocycles. The van der Waals surface area contributed by atoms with Gasteiger partial charge in [-0.3, -0.25) is 4.79 Å². The zero-order valence-corrected chi connectivity index (χ0v) is 14.4. The Morgan fingerprint density at radius 2 is 1.83 bits per heavy atom. The fourth-order valence-electron chi connectivity index (χ4n) is 2.74. The van der Waals surface area contributed by atoms with Gasteiger partial charge in [0.25, 0.3) is 5.91 Å². The predicted molar refractivity (Wildman–Crippen MR) is 97.7 cm³/mol. The van der Waals surface area contributed by atoms with Crippen LogP contribution in [0.5, 0.6) is 0 Å². The van der Waals surface area contributed by atoms with Crippen LogP contribution in [0.2, 0.25) is 0 Å². The van der Waals surface area contributed by atoms with Crippen LogP contribution in [0.4, 0.5) is 5.00 Å². The number of carbonyl (C=O) groups is 1. The van der Waals surface area contributed by atoms with Crippen molar-refractivity contribution in [3.05, 3.63) is 75.6 Å². The predicted octanol–water partition coefficient (Wildman–Crippen LogP) is 5.03. The number of amides is 1. The van der Waals surface area contributed by atoms with E-state index >= 15 is 0 Å². The van der Waals surface area contributed by atoms with E-state index < -0.39 is 0 Å². The van der Waals surface area contributed by atoms with E-state index in [9.17, 15) is 4.79 Å². The highest BCUT2D eigenvalue weighted by molar-refractivity contribution is 9.10. The Kier molecular flexibility index (Phi) is 3.67. The summed E-state index contributed by atoms with van der Waals surface area (Å²) < 4.78 is 0.994. The summed E-state index contributed by atoms with van der Waals surface area (Å²) in [4.78, 5) is 12.7. The molecule has 0 bridgehead atoms. The van der Waals surface area contributed by atoms with Gasteiger partial charge in [0.2, 0.25) is 0 Å². The molecule has 4 rings (SSSR count). The lowest BCUT2D eigenvalue weighted by Crippen LogP contribution is -2.37. The minimum atomic E-state index is -0.213. The fraction of sp³-hybridized carbons (Fsp3) is 0.0556. The van der Waals surface area contributed by atoms with Gasteiger partial charge >= 0.3 is 0 Å². The number of anilines is 1. The van der Waals surface area contributed by atoms with Crippen molar-refractivity contribution in [1.29, 1.82) is 0 Å². The molecule has 5 heteroatoms. The van der Waals surface area contributed by atoms with E-state index in [1.165, 1.54) is 0 Å². The average Bonchev–Trinajstić information content (AvgIpc) is 3.00. The second-order valence-electron chi connectivity index (χ2n) is 5.33. The molecular formula is C18H13BrN2OS. The SMILES string of the molecule is O=C1NC(c2cccc(Br)c2)Nc2scc(-c3ccccc3)c21. The van der Waals surface area contributed by atoms with Crippen LogP contribution >= 0.6 is 27.3 Å². The Hall–Kier alpha value is -2.11. The third-order valence-electron chi connectivity index (χ3n) is 3.84. The summed E-state index contributed by atoms with van der Waals surface area (Å²) >= 11 is 5.04. The third-order valence-corrected chi connectivity index (χ3v) is 5.24. The molecule has 23 heavy (non-hydrogen) atoms. The van der Waals surface area contributed by atoms with Crippen molar-refractivity contribution < 1.29 is 4.79 Å². The Labute approximate surface area is 146 Å². The normalized spacial score (nSPS) is 16.4. The molecule has 0 spiro atoms. The highest BCUT2D eigenvalue weighted by Crippen LogP contribution is 2.39. The molecule has 1 aromatic heterocycles. The van der Waals surface area contributed by atoms with Crippen molar-refractivity contribution in [2.24, 2.45) is 0 Å². The van der Waals surface area contributed by atoms with Crippen molar-refractivity contribution >= 4 is 38.2 Å². The molecule has 3 aromatic rings. The minimum absolute atomic E-state index is 0.0381. The molecule has 1 aliphatic heterocycles. The van der Waals surface area contributed by atoms with Gasteiger partial charge < -0.3 is 10.6 Å². The third kappa shape index (κ3) is 2.66. The lowest BCUT2D eigenvalue weighted by atomic mass is 10.0. The highest BCUT2D eigenvalue weighted by atomic mass is 79.9. The van der Waals surface area contributed by atoms with E-state index in [1.807, 2.05) is 60.0 Å². The van der Waals surface area contributed by atoms with E-state index in [0.717, 1.165) is 31.7 Å². The zero-order chi connectivity index (χ0) is 15.8. The number of nitrogens with one attached hydrogen (secondary N) is 2. The molecule has 0 saturated carbocycles. The van der Waals surface area contributed by atoms with E-state index in [0.29, 0.717) is 0 Å². The van der Waals surface area contributed by atoms with Crippen LogP contribution in [-0.2, 0) is 0 Å². The second kappa shape index (κ2) is 5.83. The van der Waals surface area contributed by atoms with Crippen LogP contribution in [0.15, 0.2) is 64.5 Å². The van der Waals surface area contributed by atoms with Crippen LogP contribution in [0.1, 0.15) is 22.1 Å². The molecule has 1 amide bonds. The van der Waals surface area contributed by atoms with Gasteiger partial charge in [-0.2, -0.15) is 0 Å². The summed E-state index contributed by atoms with van der Waals surface area (Å²) in [5.74, 6) is -0.0381. The minimum Gasteiger partial charge on any atom is -0.353 e. The maximum Gasteiger partial charge on any atom is 0.256 e. The molecule has 3 nitrogen and oxygen atoms in total. The molecule has 2 heterocycles. The molecule has 1 unspecified atom stereocenters. The Morgan fingerprint density at radius 1 is 1.00 bits per heavy atom. The average molecular weight is 385 g/mol. The second-order valence-corrected chi connectivity index (χ2v) is 7.12. The fourth-order valence-corrected chi connectivity index (χ4v) is 4.16. The number of carbonyl (C=O) groups excluding carboxylic acids is 1. The van der Waals surface area contributed by atoms with Crippen molar-refractivity contribution in [3.8, 4) is 11.1 Å². The van der Waals surface area contributed by atoms with Gasteiger partial charge in [0.1, 0.15) is 11.2 Å². The lowest BCUT2D eigenvalue weighted by molar-refractivity contribution is 0.0937. The first kappa shape index (κ1) is 14.5. The first-order valence-electron chi connectivity index (χ1n) is 7.22. The molecule has 0 aliphatic carbocycles. The van der Waals surface area contributed by atoms with Crippen molar-refractivity contribution in [2.45, 2.75) is 6.17 Å². The zero-order valence-electron chi connectivity index (χ0n) is 12.0. The van der Waals surface area contributed by atoms with Gasteiger partial charge in [0.15, 0.2) is 0 Å². The molecule has 0 radical (unpaired) electrons. The van der Waals surface area contributed by atoms with E-state index in [2.05, 4.69) is 26.6 Å². The lowest BCUT2D eigenvalue weighted by Gasteiger charge is -2.26. The van der Waals surface area contributed by atoms with Crippen LogP contribution in [-0.4, -0.2) is 5.91 Å². The summed E-state index contributed by atoms with van der Waals surface area (Å²) in [5, 5.41) is 9.43. The number of fused-ring (bicyclic) bond motifs is 1. The summed E-state index contributed by atoms with van der Waals surface area (Å²) in [5.41, 5.74) is 3.78. The van der Waals surface area contributed by atoms with Crippen LogP contribution in [0, 0.1) is 0 Å². The van der Waals surface area contributed by atoms with Crippen LogP contribution < -0.4 is 10.6 Å². The largest absolute Gasteiger partial charge is 0.353 e. The van der Waals surface area contributed by atoms with Gasteiger partial charge in [-0.1, -0.05) is 58.4 Å². The number of halogens is 1. The monoisotopic (exact) mass is 384 g/mol. The quantitative estimate of drug-likeness (QED) is 0.650. The van der Waals surface area contributed by atoms with E-state index in [4.69, 9.17) is 0 Å². The van der Waals surface area contributed by atoms with E-state index in [-0.39, 0.29) is 12.1 Å². The van der Waals surface area contributed by atoms with Gasteiger partial charge in [0.05, 0.1) is 5.56 Å². The number of rotatable bonds is 2. The van der Waals surface area contributed by atoms with Gasteiger partial charge in [-0.15, -0.1) is 11.3 Å². The Morgan fingerprint density at radius 3 is 2.61 bits per heavy atom. The topological polar surface area (TPSA) is 41.1 Å². The number of hydrogen-bond donors (Lipinski definition) is 2. The van der Waals surface area contributed by atoms with Crippen molar-refractivity contribution in [3.63, 3.8) is 0 Å². The van der Waals surface area contributed by atoms with E-state index in [1.54, 1.807) is 11.3 Å². The summed E-state index contributed by atoms with van der Waals surface area (Å²) in [7, 11) is 0. The molecule has 2 N–H and O–H groups in total. The van der Waals surface area contributed by atoms with Crippen molar-refractivity contribution in [2.75, 3.05) is 5.32 Å². The maximum absolute atomic E-state index is 12.7. The first-order chi connectivity index (χ1) is 11.2. The van der Waals surface area contributed by atoms with Gasteiger partial charge in [-0.05, 0) is 23.3 Å². The standard InChI is InChI=1S/C18H13BrN2OS/c19-13-8-4-7-12(9-13)16-20-17(22)15-14(10-23-18(15)21-16)11-5-2-1-3-6-11/h1-10,16,21H,(H,20,22). The molecule has 0 saturated heterocycles. The summed E-state index contributed by atoms with van der Waals surface area (Å²) in [6.07, 6.45) is -0.213. The number of hydrogen-bond acceptors (Lipinski definition) is 3. The highest BCUT2D eigenvalue weighted by Gasteiger charge is 2.29. The number of thiophene rings is 1. The van der Waals surface area contributed by atoms with Crippen LogP contribution in [0.25, 0.3) is 11.1 Å². The Bertz CT molecular complexity index is 876. The van der Waals surface area contributed by atoms with Crippen LogP contribution in [0.3, 0.4) is 0 Å². The molecular weight excluding hydrogens is 372 g/mol. The molecule has 1 aliphatic rings. The van der Waals surface area contributed by atoms with Crippen molar-refractivity contribution in [1.82, 2.24) is 5.32 Å². The smallest absolute Gasteiger partial charge is 0.256 e. The summed E-state index contributed by atoms with van der Waals surface area (Å²) in [6, 6.07) is 17.9. The molecule has 114 valence electrons.